The second-order valence-corrected chi connectivity index (χ2v) is 4.27. The fourth-order valence-corrected chi connectivity index (χ4v) is 2.01. The van der Waals surface area contributed by atoms with Crippen LogP contribution in [0.2, 0.25) is 0 Å². The first-order chi connectivity index (χ1) is 8.16. The van der Waals surface area contributed by atoms with Crippen molar-refractivity contribution in [2.75, 3.05) is 13.2 Å². The van der Waals surface area contributed by atoms with Crippen LogP contribution in [0.3, 0.4) is 0 Å². The maximum absolute atomic E-state index is 11.6. The molecule has 17 heavy (non-hydrogen) atoms. The molecule has 0 spiro atoms. The third-order valence-electron chi connectivity index (χ3n) is 3.03. The van der Waals surface area contributed by atoms with E-state index < -0.39 is 5.97 Å². The van der Waals surface area contributed by atoms with Crippen molar-refractivity contribution in [2.45, 2.75) is 19.4 Å². The number of hydrogen-bond donors (Lipinski definition) is 1. The molecule has 1 N–H and O–H groups in total. The summed E-state index contributed by atoms with van der Waals surface area (Å²) in [7, 11) is 0. The molecule has 1 aromatic rings. The van der Waals surface area contributed by atoms with Crippen molar-refractivity contribution in [3.05, 3.63) is 34.2 Å². The zero-order chi connectivity index (χ0) is 12.3. The summed E-state index contributed by atoms with van der Waals surface area (Å²) in [5.74, 6) is -0.615. The maximum Gasteiger partial charge on any atom is 0.337 e. The van der Waals surface area contributed by atoms with E-state index in [2.05, 4.69) is 0 Å². The predicted octanol–water partition coefficient (Wildman–Crippen LogP) is 0.973. The largest absolute Gasteiger partial charge is 0.478 e. The molecule has 0 unspecified atom stereocenters. The van der Waals surface area contributed by atoms with Gasteiger partial charge in [0, 0.05) is 32.0 Å². The summed E-state index contributed by atoms with van der Waals surface area (Å²) in [6.45, 7) is 2.01. The highest BCUT2D eigenvalue weighted by atomic mass is 16.5. The van der Waals surface area contributed by atoms with Gasteiger partial charge in [-0.25, -0.2) is 4.79 Å². The number of ether oxygens (including phenoxy) is 1. The van der Waals surface area contributed by atoms with E-state index in [1.807, 2.05) is 0 Å². The van der Waals surface area contributed by atoms with Gasteiger partial charge < -0.3 is 14.4 Å². The standard InChI is InChI=1S/C12H15NO4/c14-11-2-1-10(12(15)16)8-13(11)7-9-3-5-17-6-4-9/h1-2,8-9H,3-7H2,(H,15,16). The van der Waals surface area contributed by atoms with E-state index in [0.29, 0.717) is 12.5 Å². The highest BCUT2D eigenvalue weighted by Crippen LogP contribution is 2.16. The van der Waals surface area contributed by atoms with E-state index >= 15 is 0 Å². The Labute approximate surface area is 98.6 Å². The second kappa shape index (κ2) is 5.14. The number of pyridine rings is 1. The number of nitrogens with zero attached hydrogens (tertiary/aromatic N) is 1. The van der Waals surface area contributed by atoms with Crippen LogP contribution < -0.4 is 5.56 Å². The average Bonchev–Trinajstić information content (AvgIpc) is 2.33. The lowest BCUT2D eigenvalue weighted by atomic mass is 10.0. The van der Waals surface area contributed by atoms with Crippen molar-refractivity contribution in [1.82, 2.24) is 4.57 Å². The molecule has 0 aromatic carbocycles. The van der Waals surface area contributed by atoms with Crippen molar-refractivity contribution in [1.29, 1.82) is 0 Å². The van der Waals surface area contributed by atoms with Crippen molar-refractivity contribution in [3.63, 3.8) is 0 Å². The third-order valence-corrected chi connectivity index (χ3v) is 3.03. The average molecular weight is 237 g/mol. The van der Waals surface area contributed by atoms with Crippen LogP contribution in [0.4, 0.5) is 0 Å². The highest BCUT2D eigenvalue weighted by Gasteiger charge is 2.15. The lowest BCUT2D eigenvalue weighted by molar-refractivity contribution is 0.0606. The normalized spacial score (nSPS) is 16.9. The summed E-state index contributed by atoms with van der Waals surface area (Å²) in [6, 6.07) is 2.65. The minimum atomic E-state index is -1.01. The Balaban J connectivity index is 2.16. The molecule has 1 aromatic heterocycles. The molecule has 1 fully saturated rings. The number of aromatic nitrogens is 1. The van der Waals surface area contributed by atoms with Crippen LogP contribution in [-0.4, -0.2) is 28.9 Å². The van der Waals surface area contributed by atoms with Crippen molar-refractivity contribution >= 4 is 5.97 Å². The Morgan fingerprint density at radius 2 is 2.12 bits per heavy atom. The number of aromatic carboxylic acids is 1. The van der Waals surface area contributed by atoms with Gasteiger partial charge >= 0.3 is 5.97 Å². The Bertz CT molecular complexity index is 460. The van der Waals surface area contributed by atoms with Gasteiger partial charge in [-0.05, 0) is 24.8 Å². The van der Waals surface area contributed by atoms with Gasteiger partial charge in [0.05, 0.1) is 5.56 Å². The molecule has 0 amide bonds. The van der Waals surface area contributed by atoms with E-state index in [1.165, 1.54) is 22.9 Å². The van der Waals surface area contributed by atoms with Crippen LogP contribution in [0, 0.1) is 5.92 Å². The van der Waals surface area contributed by atoms with Gasteiger partial charge in [-0.3, -0.25) is 4.79 Å². The fourth-order valence-electron chi connectivity index (χ4n) is 2.01. The van der Waals surface area contributed by atoms with E-state index in [4.69, 9.17) is 9.84 Å². The van der Waals surface area contributed by atoms with Crippen molar-refractivity contribution in [2.24, 2.45) is 5.92 Å². The first kappa shape index (κ1) is 11.9. The van der Waals surface area contributed by atoms with E-state index in [0.717, 1.165) is 26.1 Å². The zero-order valence-electron chi connectivity index (χ0n) is 9.46. The molecule has 5 nitrogen and oxygen atoms in total. The van der Waals surface area contributed by atoms with Gasteiger partial charge in [0.1, 0.15) is 0 Å². The summed E-state index contributed by atoms with van der Waals surface area (Å²) >= 11 is 0. The zero-order valence-corrected chi connectivity index (χ0v) is 9.46. The molecule has 0 radical (unpaired) electrons. The topological polar surface area (TPSA) is 68.5 Å². The number of carbonyl (C=O) groups is 1. The molecule has 0 atom stereocenters. The molecule has 0 aliphatic carbocycles. The second-order valence-electron chi connectivity index (χ2n) is 4.27. The molecule has 1 saturated heterocycles. The molecular formula is C12H15NO4. The molecule has 5 heteroatoms. The Morgan fingerprint density at radius 3 is 2.76 bits per heavy atom. The minimum Gasteiger partial charge on any atom is -0.478 e. The van der Waals surface area contributed by atoms with Gasteiger partial charge in [-0.15, -0.1) is 0 Å². The number of carboxylic acid groups (broad SMARTS) is 1. The lowest BCUT2D eigenvalue weighted by Gasteiger charge is -2.22. The fraction of sp³-hybridized carbons (Fsp3) is 0.500. The van der Waals surface area contributed by atoms with Gasteiger partial charge in [0.2, 0.25) is 0 Å². The summed E-state index contributed by atoms with van der Waals surface area (Å²) in [6.07, 6.45) is 3.26. The predicted molar refractivity (Wildman–Crippen MR) is 61.2 cm³/mol. The summed E-state index contributed by atoms with van der Waals surface area (Å²) in [5.41, 5.74) is -0.00171. The van der Waals surface area contributed by atoms with Crippen LogP contribution >= 0.6 is 0 Å². The highest BCUT2D eigenvalue weighted by molar-refractivity contribution is 5.87. The van der Waals surface area contributed by atoms with E-state index in [1.54, 1.807) is 0 Å². The first-order valence-electron chi connectivity index (χ1n) is 5.68. The number of hydrogen-bond acceptors (Lipinski definition) is 3. The molecule has 2 rings (SSSR count). The van der Waals surface area contributed by atoms with Crippen LogP contribution in [0.1, 0.15) is 23.2 Å². The first-order valence-corrected chi connectivity index (χ1v) is 5.68. The number of carboxylic acids is 1. The van der Waals surface area contributed by atoms with Gasteiger partial charge in [0.15, 0.2) is 0 Å². The molecule has 0 saturated carbocycles. The Hall–Kier alpha value is -1.62. The smallest absolute Gasteiger partial charge is 0.337 e. The van der Waals surface area contributed by atoms with Crippen molar-refractivity contribution < 1.29 is 14.6 Å². The van der Waals surface area contributed by atoms with Crippen molar-refractivity contribution in [3.8, 4) is 0 Å². The Kier molecular flexibility index (Phi) is 3.58. The third kappa shape index (κ3) is 2.94. The van der Waals surface area contributed by atoms with Crippen LogP contribution in [0.25, 0.3) is 0 Å². The molecule has 0 bridgehead atoms. The van der Waals surface area contributed by atoms with Gasteiger partial charge in [-0.1, -0.05) is 0 Å². The van der Waals surface area contributed by atoms with E-state index in [9.17, 15) is 9.59 Å². The summed E-state index contributed by atoms with van der Waals surface area (Å²) in [4.78, 5) is 22.4. The monoisotopic (exact) mass is 237 g/mol. The molecular weight excluding hydrogens is 222 g/mol. The van der Waals surface area contributed by atoms with Gasteiger partial charge in [0.25, 0.3) is 5.56 Å². The SMILES string of the molecule is O=C(O)c1ccc(=O)n(CC2CCOCC2)c1. The quantitative estimate of drug-likeness (QED) is 0.850. The molecule has 92 valence electrons. The van der Waals surface area contributed by atoms with Crippen LogP contribution in [0.5, 0.6) is 0 Å². The van der Waals surface area contributed by atoms with Crippen LogP contribution in [-0.2, 0) is 11.3 Å². The van der Waals surface area contributed by atoms with Crippen LogP contribution in [0.15, 0.2) is 23.1 Å². The summed E-state index contributed by atoms with van der Waals surface area (Å²) in [5, 5.41) is 8.87. The molecule has 2 heterocycles. The summed E-state index contributed by atoms with van der Waals surface area (Å²) < 4.78 is 6.73. The Morgan fingerprint density at radius 1 is 1.41 bits per heavy atom. The number of rotatable bonds is 3. The minimum absolute atomic E-state index is 0.150. The van der Waals surface area contributed by atoms with E-state index in [-0.39, 0.29) is 11.1 Å². The molecule has 1 aliphatic rings. The lowest BCUT2D eigenvalue weighted by Crippen LogP contribution is -2.27. The maximum atomic E-state index is 11.6. The van der Waals surface area contributed by atoms with Gasteiger partial charge in [-0.2, -0.15) is 0 Å². The molecule has 1 aliphatic heterocycles.